The predicted octanol–water partition coefficient (Wildman–Crippen LogP) is 10.4. The number of ether oxygens (including phenoxy) is 2. The number of carbonyl (C=O) groups excluding carboxylic acids is 2. The molecule has 2 heterocycles. The van der Waals surface area contributed by atoms with Gasteiger partial charge in [0.1, 0.15) is 0 Å². The Morgan fingerprint density at radius 1 is 0.545 bits per heavy atom. The average Bonchev–Trinajstić information content (AvgIpc) is 3.27. The summed E-state index contributed by atoms with van der Waals surface area (Å²) in [6.07, 6.45) is -20.0. The quantitative estimate of drug-likeness (QED) is 0.105. The molecule has 0 aliphatic carbocycles. The third-order valence-electron chi connectivity index (χ3n) is 12.0. The van der Waals surface area contributed by atoms with Gasteiger partial charge in [-0.2, -0.15) is 52.7 Å². The molecule has 0 spiro atoms. The second-order valence-electron chi connectivity index (χ2n) is 16.5. The third-order valence-corrected chi connectivity index (χ3v) is 12.0. The summed E-state index contributed by atoms with van der Waals surface area (Å²) in [5.41, 5.74) is 4.91. The molecule has 0 unspecified atom stereocenters. The van der Waals surface area contributed by atoms with Crippen LogP contribution in [0.25, 0.3) is 0 Å². The lowest BCUT2D eigenvalue weighted by Gasteiger charge is -2.41. The molecule has 6 rings (SSSR count). The molecule has 66 heavy (non-hydrogen) atoms. The van der Waals surface area contributed by atoms with E-state index in [-0.39, 0.29) is 61.4 Å². The second-order valence-corrected chi connectivity index (χ2v) is 16.5. The molecule has 8 nitrogen and oxygen atoms in total. The topological polar surface area (TPSA) is 129 Å². The van der Waals surface area contributed by atoms with Crippen LogP contribution in [-0.2, 0) is 54.8 Å². The normalized spacial score (nSPS) is 22.7. The van der Waals surface area contributed by atoms with Crippen LogP contribution in [0.4, 0.5) is 52.7 Å². The maximum Gasteiger partial charge on any atom is 0.416 e. The summed E-state index contributed by atoms with van der Waals surface area (Å²) >= 11 is 0. The van der Waals surface area contributed by atoms with E-state index in [2.05, 4.69) is 10.6 Å². The fraction of sp³-hybridized carbons (Fsp3) is 0.435. The molecule has 2 amide bonds. The van der Waals surface area contributed by atoms with E-state index in [4.69, 9.17) is 20.9 Å². The Kier molecular flexibility index (Phi) is 16.0. The fourth-order valence-electron chi connectivity index (χ4n) is 7.92. The van der Waals surface area contributed by atoms with Crippen LogP contribution in [0.15, 0.2) is 97.1 Å². The first-order valence-corrected chi connectivity index (χ1v) is 20.7. The lowest BCUT2D eigenvalue weighted by Crippen LogP contribution is -2.54. The number of rotatable bonds is 12. The first kappa shape index (κ1) is 51.8. The first-order chi connectivity index (χ1) is 30.6. The van der Waals surface area contributed by atoms with Crippen LogP contribution < -0.4 is 22.1 Å². The van der Waals surface area contributed by atoms with E-state index in [1.807, 2.05) is 60.7 Å². The number of carbonyl (C=O) groups is 2. The summed E-state index contributed by atoms with van der Waals surface area (Å²) < 4.78 is 170. The molecule has 2 saturated heterocycles. The molecule has 2 aliphatic heterocycles. The minimum Gasteiger partial charge on any atom is -0.372 e. The van der Waals surface area contributed by atoms with Gasteiger partial charge in [0.05, 0.1) is 70.6 Å². The monoisotopic (exact) mass is 948 g/mol. The summed E-state index contributed by atoms with van der Waals surface area (Å²) in [5, 5.41) is 6.55. The molecule has 4 aromatic carbocycles. The number of nitrogens with one attached hydrogen (secondary N) is 2. The zero-order valence-corrected chi connectivity index (χ0v) is 35.5. The largest absolute Gasteiger partial charge is 0.416 e. The molecule has 2 fully saturated rings. The van der Waals surface area contributed by atoms with Crippen LogP contribution in [0.3, 0.4) is 0 Å². The first-order valence-electron chi connectivity index (χ1n) is 20.7. The molecule has 0 bridgehead atoms. The van der Waals surface area contributed by atoms with Crippen molar-refractivity contribution in [2.75, 3.05) is 26.3 Å². The molecule has 360 valence electrons. The van der Waals surface area contributed by atoms with Crippen molar-refractivity contribution in [2.45, 2.75) is 87.5 Å². The summed E-state index contributed by atoms with van der Waals surface area (Å²) in [5.74, 6) is -1.64. The predicted molar refractivity (Wildman–Crippen MR) is 218 cm³/mol. The maximum absolute atomic E-state index is 13.2. The number of nitrogens with two attached hydrogens (primary N) is 2. The van der Waals surface area contributed by atoms with Crippen molar-refractivity contribution < 1.29 is 71.7 Å². The number of benzene rings is 4. The van der Waals surface area contributed by atoms with Gasteiger partial charge in [0.15, 0.2) is 0 Å². The van der Waals surface area contributed by atoms with Gasteiger partial charge in [-0.25, -0.2) is 0 Å². The lowest BCUT2D eigenvalue weighted by molar-refractivity contribution is -0.145. The Hall–Kier alpha value is -5.18. The van der Waals surface area contributed by atoms with Crippen molar-refractivity contribution in [1.29, 1.82) is 0 Å². The summed E-state index contributed by atoms with van der Waals surface area (Å²) in [6, 6.07) is 21.1. The van der Waals surface area contributed by atoms with Crippen LogP contribution in [0, 0.1) is 11.8 Å². The van der Waals surface area contributed by atoms with E-state index in [0.717, 1.165) is 11.1 Å². The van der Waals surface area contributed by atoms with Gasteiger partial charge in [0, 0.05) is 13.1 Å². The van der Waals surface area contributed by atoms with E-state index in [0.29, 0.717) is 49.9 Å². The third kappa shape index (κ3) is 13.0. The highest BCUT2D eigenvalue weighted by atomic mass is 19.4. The molecule has 6 atom stereocenters. The van der Waals surface area contributed by atoms with Gasteiger partial charge >= 0.3 is 24.7 Å². The van der Waals surface area contributed by atoms with Crippen LogP contribution in [0.5, 0.6) is 0 Å². The van der Waals surface area contributed by atoms with E-state index in [9.17, 15) is 62.3 Å². The van der Waals surface area contributed by atoms with E-state index in [1.165, 1.54) is 13.8 Å². The van der Waals surface area contributed by atoms with Crippen molar-refractivity contribution in [3.05, 3.63) is 142 Å². The number of amides is 2. The SMILES string of the molecule is C[C@@H](OC[C@@]1(c2ccccc2)CC[C@@H](C(N)=O)CN1)c1cc(C(F)(F)F)cc(C(F)(F)F)c1.C[C@@H](OC[C@@]1(c2ccccc2)CC[C@H](C(N)=O)CN1)c1cc(C(F)(F)F)cc(C(F)(F)F)c1. The molecule has 20 heteroatoms. The lowest BCUT2D eigenvalue weighted by atomic mass is 9.79. The van der Waals surface area contributed by atoms with Crippen molar-refractivity contribution in [3.63, 3.8) is 0 Å². The Morgan fingerprint density at radius 3 is 1.06 bits per heavy atom. The maximum atomic E-state index is 13.2. The summed E-state index contributed by atoms with van der Waals surface area (Å²) in [7, 11) is 0. The number of primary amides is 2. The van der Waals surface area contributed by atoms with Gasteiger partial charge in [0.2, 0.25) is 11.8 Å². The van der Waals surface area contributed by atoms with E-state index >= 15 is 0 Å². The smallest absolute Gasteiger partial charge is 0.372 e. The highest BCUT2D eigenvalue weighted by Gasteiger charge is 2.42. The van der Waals surface area contributed by atoms with Gasteiger partial charge in [0.25, 0.3) is 0 Å². The number of alkyl halides is 12. The second kappa shape index (κ2) is 20.4. The Balaban J connectivity index is 0.000000247. The van der Waals surface area contributed by atoms with Gasteiger partial charge in [-0.05, 0) is 98.2 Å². The molecule has 2 aliphatic rings. The van der Waals surface area contributed by atoms with Crippen molar-refractivity contribution in [3.8, 4) is 0 Å². The van der Waals surface area contributed by atoms with E-state index in [1.54, 1.807) is 0 Å². The fourth-order valence-corrected chi connectivity index (χ4v) is 7.92. The number of hydrogen-bond acceptors (Lipinski definition) is 6. The standard InChI is InChI=1S/2C23H24F6N2O2/c2*1-14(16-9-18(22(24,25)26)11-19(10-16)23(27,28)29)33-13-21(17-5-3-2-4-6-17)8-7-15(12-31-21)20(30)32/h2*2-6,9-11,14-15,31H,7-8,12-13H2,1H3,(H2,30,32)/t14-,15+,21-;14-,15-,21-/m11/s1. The average molecular weight is 949 g/mol. The highest BCUT2D eigenvalue weighted by Crippen LogP contribution is 2.41. The zero-order chi connectivity index (χ0) is 48.9. The van der Waals surface area contributed by atoms with Crippen molar-refractivity contribution >= 4 is 11.8 Å². The van der Waals surface area contributed by atoms with E-state index < -0.39 is 82.1 Å². The molecular weight excluding hydrogens is 901 g/mol. The molecular formula is C46H48F12N4O4. The molecule has 6 N–H and O–H groups in total. The van der Waals surface area contributed by atoms with Crippen LogP contribution in [-0.4, -0.2) is 38.1 Å². The number of piperidine rings is 2. The van der Waals surface area contributed by atoms with Crippen LogP contribution in [0.1, 0.15) is 96.2 Å². The Labute approximate surface area is 372 Å². The summed E-state index contributed by atoms with van der Waals surface area (Å²) in [6.45, 7) is 3.32. The highest BCUT2D eigenvalue weighted by molar-refractivity contribution is 5.77. The van der Waals surface area contributed by atoms with Crippen LogP contribution >= 0.6 is 0 Å². The van der Waals surface area contributed by atoms with Crippen LogP contribution in [0.2, 0.25) is 0 Å². The van der Waals surface area contributed by atoms with Gasteiger partial charge < -0.3 is 31.6 Å². The summed E-state index contributed by atoms with van der Waals surface area (Å²) in [4.78, 5) is 23.1. The minimum atomic E-state index is -4.93. The van der Waals surface area contributed by atoms with Gasteiger partial charge in [-0.3, -0.25) is 9.59 Å². The van der Waals surface area contributed by atoms with Crippen molar-refractivity contribution in [2.24, 2.45) is 23.3 Å². The van der Waals surface area contributed by atoms with Gasteiger partial charge in [-0.1, -0.05) is 60.7 Å². The molecule has 4 aromatic rings. The Bertz CT molecular complexity index is 2030. The van der Waals surface area contributed by atoms with Gasteiger partial charge in [-0.15, -0.1) is 0 Å². The molecule has 0 saturated carbocycles. The Morgan fingerprint density at radius 2 is 0.833 bits per heavy atom. The molecule has 0 radical (unpaired) electrons. The zero-order valence-electron chi connectivity index (χ0n) is 35.5. The number of halogens is 12. The minimum absolute atomic E-state index is 0.0265. The van der Waals surface area contributed by atoms with Crippen molar-refractivity contribution in [1.82, 2.24) is 10.6 Å². The number of hydrogen-bond donors (Lipinski definition) is 4. The molecule has 0 aromatic heterocycles.